The number of imidazole rings is 1. The maximum Gasteiger partial charge on any atom is 0.230 e. The van der Waals surface area contributed by atoms with Gasteiger partial charge in [-0.3, -0.25) is 4.79 Å². The molecule has 20 heavy (non-hydrogen) atoms. The number of thioether (sulfide) groups is 1. The third-order valence-electron chi connectivity index (χ3n) is 2.97. The largest absolute Gasteiger partial charge is 0.351 e. The quantitative estimate of drug-likeness (QED) is 0.804. The molecule has 0 saturated carbocycles. The van der Waals surface area contributed by atoms with E-state index in [1.165, 1.54) is 11.8 Å². The van der Waals surface area contributed by atoms with Crippen molar-refractivity contribution in [3.63, 3.8) is 0 Å². The van der Waals surface area contributed by atoms with E-state index in [4.69, 9.17) is 0 Å². The zero-order valence-corrected chi connectivity index (χ0v) is 12.6. The average Bonchev–Trinajstić information content (AvgIpc) is 2.84. The second-order valence-corrected chi connectivity index (χ2v) is 5.48. The van der Waals surface area contributed by atoms with E-state index in [1.54, 1.807) is 0 Å². The molecule has 0 atom stereocenters. The van der Waals surface area contributed by atoms with Crippen LogP contribution in [0.25, 0.3) is 0 Å². The van der Waals surface area contributed by atoms with Crippen molar-refractivity contribution in [2.45, 2.75) is 32.0 Å². The van der Waals surface area contributed by atoms with Gasteiger partial charge in [0.1, 0.15) is 0 Å². The summed E-state index contributed by atoms with van der Waals surface area (Å²) in [4.78, 5) is 19.4. The van der Waals surface area contributed by atoms with Gasteiger partial charge in [0.15, 0.2) is 5.16 Å². The van der Waals surface area contributed by atoms with Crippen LogP contribution in [-0.2, 0) is 17.8 Å². The first kappa shape index (κ1) is 14.7. The van der Waals surface area contributed by atoms with Gasteiger partial charge in [-0.2, -0.15) is 0 Å². The molecule has 0 radical (unpaired) electrons. The van der Waals surface area contributed by atoms with Crippen LogP contribution >= 0.6 is 11.8 Å². The molecule has 0 unspecified atom stereocenters. The van der Waals surface area contributed by atoms with Gasteiger partial charge in [-0.1, -0.05) is 49.0 Å². The first-order valence-corrected chi connectivity index (χ1v) is 7.66. The van der Waals surface area contributed by atoms with Gasteiger partial charge in [0.05, 0.1) is 11.4 Å². The molecule has 0 aliphatic carbocycles. The molecular weight excluding hydrogens is 270 g/mol. The number of aryl methyl sites for hydroxylation is 2. The Morgan fingerprint density at radius 2 is 2.10 bits per heavy atom. The number of carbonyl (C=O) groups is 1. The van der Waals surface area contributed by atoms with Crippen molar-refractivity contribution in [3.8, 4) is 0 Å². The predicted octanol–water partition coefficient (Wildman–Crippen LogP) is 2.69. The van der Waals surface area contributed by atoms with E-state index in [0.717, 1.165) is 28.5 Å². The number of H-pyrrole nitrogens is 1. The van der Waals surface area contributed by atoms with Crippen molar-refractivity contribution in [1.82, 2.24) is 15.3 Å². The van der Waals surface area contributed by atoms with Gasteiger partial charge in [-0.05, 0) is 18.9 Å². The van der Waals surface area contributed by atoms with Crippen molar-refractivity contribution in [3.05, 3.63) is 47.3 Å². The molecule has 1 aromatic carbocycles. The van der Waals surface area contributed by atoms with E-state index in [9.17, 15) is 4.79 Å². The number of nitrogens with one attached hydrogen (secondary N) is 2. The number of nitrogens with zero attached hydrogens (tertiary/aromatic N) is 1. The Kier molecular flexibility index (Phi) is 5.24. The third kappa shape index (κ3) is 4.13. The molecule has 5 heteroatoms. The Morgan fingerprint density at radius 3 is 2.75 bits per heavy atom. The van der Waals surface area contributed by atoms with Gasteiger partial charge < -0.3 is 10.3 Å². The standard InChI is InChI=1S/C15H19N3OS/c1-3-13-11(2)17-15(18-13)20-10-14(19)16-9-12-7-5-4-6-8-12/h4-8H,3,9-10H2,1-2H3,(H,16,19)(H,17,18). The molecule has 106 valence electrons. The number of hydrogen-bond donors (Lipinski definition) is 2. The maximum atomic E-state index is 11.8. The Bertz CT molecular complexity index is 566. The summed E-state index contributed by atoms with van der Waals surface area (Å²) in [6.45, 7) is 4.65. The Morgan fingerprint density at radius 1 is 1.35 bits per heavy atom. The molecule has 0 fully saturated rings. The summed E-state index contributed by atoms with van der Waals surface area (Å²) < 4.78 is 0. The third-order valence-corrected chi connectivity index (χ3v) is 3.84. The number of carbonyl (C=O) groups excluding carboxylic acids is 1. The minimum Gasteiger partial charge on any atom is -0.351 e. The van der Waals surface area contributed by atoms with Crippen LogP contribution in [0.1, 0.15) is 23.9 Å². The molecule has 2 aromatic rings. The molecule has 0 spiro atoms. The molecule has 0 aliphatic heterocycles. The van der Waals surface area contributed by atoms with Gasteiger partial charge in [0, 0.05) is 12.2 Å². The topological polar surface area (TPSA) is 57.8 Å². The Balaban J connectivity index is 1.77. The number of aromatic amines is 1. The van der Waals surface area contributed by atoms with Gasteiger partial charge in [-0.25, -0.2) is 4.98 Å². The molecule has 2 N–H and O–H groups in total. The highest BCUT2D eigenvalue weighted by molar-refractivity contribution is 7.99. The fourth-order valence-electron chi connectivity index (χ4n) is 1.86. The average molecular weight is 289 g/mol. The zero-order chi connectivity index (χ0) is 14.4. The summed E-state index contributed by atoms with van der Waals surface area (Å²) in [5, 5.41) is 3.72. The molecule has 0 bridgehead atoms. The molecule has 4 nitrogen and oxygen atoms in total. The first-order valence-electron chi connectivity index (χ1n) is 6.68. The monoisotopic (exact) mass is 289 g/mol. The van der Waals surface area contributed by atoms with Gasteiger partial charge in [0.25, 0.3) is 0 Å². The summed E-state index contributed by atoms with van der Waals surface area (Å²) in [5.41, 5.74) is 3.25. The number of aromatic nitrogens is 2. The van der Waals surface area contributed by atoms with E-state index in [2.05, 4.69) is 22.2 Å². The van der Waals surface area contributed by atoms with Crippen molar-refractivity contribution < 1.29 is 4.79 Å². The van der Waals surface area contributed by atoms with Gasteiger partial charge >= 0.3 is 0 Å². The lowest BCUT2D eigenvalue weighted by atomic mass is 10.2. The maximum absolute atomic E-state index is 11.8. The minimum absolute atomic E-state index is 0.0194. The molecule has 1 amide bonds. The van der Waals surface area contributed by atoms with E-state index in [1.807, 2.05) is 37.3 Å². The lowest BCUT2D eigenvalue weighted by Gasteiger charge is -2.04. The highest BCUT2D eigenvalue weighted by atomic mass is 32.2. The van der Waals surface area contributed by atoms with Crippen molar-refractivity contribution >= 4 is 17.7 Å². The van der Waals surface area contributed by atoms with E-state index < -0.39 is 0 Å². The lowest BCUT2D eigenvalue weighted by Crippen LogP contribution is -2.24. The van der Waals surface area contributed by atoms with Crippen LogP contribution in [0, 0.1) is 6.92 Å². The molecule has 1 aromatic heterocycles. The fourth-order valence-corrected chi connectivity index (χ4v) is 2.63. The molecular formula is C15H19N3OS. The lowest BCUT2D eigenvalue weighted by molar-refractivity contribution is -0.118. The van der Waals surface area contributed by atoms with E-state index >= 15 is 0 Å². The van der Waals surface area contributed by atoms with Crippen LogP contribution in [0.3, 0.4) is 0 Å². The van der Waals surface area contributed by atoms with Crippen LogP contribution in [0.5, 0.6) is 0 Å². The minimum atomic E-state index is 0.0194. The summed E-state index contributed by atoms with van der Waals surface area (Å²) in [6, 6.07) is 9.89. The van der Waals surface area contributed by atoms with Crippen LogP contribution in [-0.4, -0.2) is 21.6 Å². The highest BCUT2D eigenvalue weighted by Gasteiger charge is 2.08. The van der Waals surface area contributed by atoms with Crippen LogP contribution in [0.15, 0.2) is 35.5 Å². The van der Waals surface area contributed by atoms with Gasteiger partial charge in [-0.15, -0.1) is 0 Å². The number of rotatable bonds is 6. The molecule has 1 heterocycles. The highest BCUT2D eigenvalue weighted by Crippen LogP contribution is 2.16. The van der Waals surface area contributed by atoms with E-state index in [-0.39, 0.29) is 5.91 Å². The van der Waals surface area contributed by atoms with Crippen LogP contribution in [0.2, 0.25) is 0 Å². The number of benzene rings is 1. The second-order valence-electron chi connectivity index (χ2n) is 4.52. The predicted molar refractivity (Wildman–Crippen MR) is 81.7 cm³/mol. The van der Waals surface area contributed by atoms with Crippen LogP contribution in [0.4, 0.5) is 0 Å². The second kappa shape index (κ2) is 7.14. The van der Waals surface area contributed by atoms with Crippen LogP contribution < -0.4 is 5.32 Å². The molecule has 2 rings (SSSR count). The fraction of sp³-hybridized carbons (Fsp3) is 0.333. The van der Waals surface area contributed by atoms with Gasteiger partial charge in [0.2, 0.25) is 5.91 Å². The normalized spacial score (nSPS) is 10.5. The first-order chi connectivity index (χ1) is 9.69. The number of amides is 1. The molecule has 0 saturated heterocycles. The molecule has 0 aliphatic rings. The van der Waals surface area contributed by atoms with E-state index in [0.29, 0.717) is 12.3 Å². The Hall–Kier alpha value is -1.75. The Labute approximate surface area is 123 Å². The van der Waals surface area contributed by atoms with Crippen molar-refractivity contribution in [1.29, 1.82) is 0 Å². The summed E-state index contributed by atoms with van der Waals surface area (Å²) in [6.07, 6.45) is 0.906. The smallest absolute Gasteiger partial charge is 0.230 e. The van der Waals surface area contributed by atoms with Crippen molar-refractivity contribution in [2.75, 3.05) is 5.75 Å². The summed E-state index contributed by atoms with van der Waals surface area (Å²) >= 11 is 1.44. The summed E-state index contributed by atoms with van der Waals surface area (Å²) in [5.74, 6) is 0.397. The zero-order valence-electron chi connectivity index (χ0n) is 11.8. The van der Waals surface area contributed by atoms with Crippen molar-refractivity contribution in [2.24, 2.45) is 0 Å². The number of hydrogen-bond acceptors (Lipinski definition) is 3. The summed E-state index contributed by atoms with van der Waals surface area (Å²) in [7, 11) is 0. The SMILES string of the molecule is CCc1nc(SCC(=O)NCc2ccccc2)[nH]c1C.